The lowest BCUT2D eigenvalue weighted by molar-refractivity contribution is 0.206. The predicted molar refractivity (Wildman–Crippen MR) is 101 cm³/mol. The third kappa shape index (κ3) is 3.12. The molecule has 2 aromatic heterocycles. The van der Waals surface area contributed by atoms with Crippen molar-refractivity contribution < 1.29 is 14.2 Å². The third-order valence-corrected chi connectivity index (χ3v) is 5.47. The largest absolute Gasteiger partial charge is 0.495 e. The smallest absolute Gasteiger partial charge is 0.316 e. The summed E-state index contributed by atoms with van der Waals surface area (Å²) in [5.74, 6) is 1.56. The summed E-state index contributed by atoms with van der Waals surface area (Å²) in [6.07, 6.45) is 4.48. The van der Waals surface area contributed by atoms with Crippen LogP contribution in [0.2, 0.25) is 0 Å². The van der Waals surface area contributed by atoms with Crippen LogP contribution in [0.4, 0.5) is 5.13 Å². The van der Waals surface area contributed by atoms with E-state index < -0.39 is 0 Å². The Morgan fingerprint density at radius 3 is 2.58 bits per heavy atom. The van der Waals surface area contributed by atoms with Gasteiger partial charge in [0, 0.05) is 25.4 Å². The Hall–Kier alpha value is -2.61. The van der Waals surface area contributed by atoms with Gasteiger partial charge in [0.05, 0.1) is 20.8 Å². The molecule has 7 nitrogen and oxygen atoms in total. The molecule has 1 atom stereocenters. The van der Waals surface area contributed by atoms with E-state index in [0.29, 0.717) is 6.01 Å². The van der Waals surface area contributed by atoms with Crippen LogP contribution in [0.3, 0.4) is 0 Å². The van der Waals surface area contributed by atoms with Gasteiger partial charge in [-0.05, 0) is 24.6 Å². The molecule has 0 saturated carbocycles. The number of benzene rings is 1. The molecule has 1 fully saturated rings. The highest BCUT2D eigenvalue weighted by molar-refractivity contribution is 7.22. The van der Waals surface area contributed by atoms with E-state index in [0.717, 1.165) is 51.9 Å². The Morgan fingerprint density at radius 1 is 1.12 bits per heavy atom. The fourth-order valence-electron chi connectivity index (χ4n) is 3.00. The maximum atomic E-state index is 5.91. The van der Waals surface area contributed by atoms with Crippen molar-refractivity contribution in [2.24, 2.45) is 0 Å². The maximum Gasteiger partial charge on any atom is 0.316 e. The Kier molecular flexibility index (Phi) is 4.50. The highest BCUT2D eigenvalue weighted by atomic mass is 32.1. The van der Waals surface area contributed by atoms with Gasteiger partial charge in [0.25, 0.3) is 0 Å². The van der Waals surface area contributed by atoms with Crippen LogP contribution in [-0.4, -0.2) is 48.4 Å². The summed E-state index contributed by atoms with van der Waals surface area (Å²) in [6, 6.07) is 4.22. The monoisotopic (exact) mass is 372 g/mol. The summed E-state index contributed by atoms with van der Waals surface area (Å²) in [7, 11) is 3.32. The average molecular weight is 372 g/mol. The predicted octanol–water partition coefficient (Wildman–Crippen LogP) is 3.07. The minimum absolute atomic E-state index is 0.0495. The second kappa shape index (κ2) is 6.95. The average Bonchev–Trinajstić information content (AvgIpc) is 3.29. The van der Waals surface area contributed by atoms with Crippen LogP contribution in [0.25, 0.3) is 10.2 Å². The summed E-state index contributed by atoms with van der Waals surface area (Å²) < 4.78 is 17.8. The minimum Gasteiger partial charge on any atom is -0.495 e. The summed E-state index contributed by atoms with van der Waals surface area (Å²) in [4.78, 5) is 15.4. The Morgan fingerprint density at radius 2 is 1.85 bits per heavy atom. The van der Waals surface area contributed by atoms with Gasteiger partial charge in [0.15, 0.2) is 5.13 Å². The number of fused-ring (bicyclic) bond motifs is 1. The molecule has 1 aromatic carbocycles. The van der Waals surface area contributed by atoms with E-state index >= 15 is 0 Å². The van der Waals surface area contributed by atoms with Crippen molar-refractivity contribution in [2.75, 3.05) is 32.2 Å². The third-order valence-electron chi connectivity index (χ3n) is 4.34. The first-order valence-electron chi connectivity index (χ1n) is 8.39. The van der Waals surface area contributed by atoms with Crippen LogP contribution in [0.5, 0.6) is 17.5 Å². The molecule has 0 N–H and O–H groups in total. The number of rotatable bonds is 5. The zero-order valence-electron chi connectivity index (χ0n) is 14.9. The van der Waals surface area contributed by atoms with Crippen LogP contribution in [0.15, 0.2) is 24.5 Å². The second-order valence-electron chi connectivity index (χ2n) is 6.16. The Balaban J connectivity index is 1.54. The minimum atomic E-state index is 0.0495. The van der Waals surface area contributed by atoms with Crippen molar-refractivity contribution in [3.63, 3.8) is 0 Å². The highest BCUT2D eigenvalue weighted by Crippen LogP contribution is 2.40. The van der Waals surface area contributed by atoms with E-state index in [4.69, 9.17) is 19.2 Å². The SMILES string of the molecule is COc1ccc(OC)c2sc(N3CCC(Oc4ncc(C)cn4)C3)nc12. The molecule has 0 bridgehead atoms. The molecule has 136 valence electrons. The van der Waals surface area contributed by atoms with Gasteiger partial charge >= 0.3 is 6.01 Å². The fourth-order valence-corrected chi connectivity index (χ4v) is 4.11. The van der Waals surface area contributed by atoms with E-state index in [9.17, 15) is 0 Å². The molecule has 8 heteroatoms. The molecule has 0 aliphatic carbocycles. The molecule has 3 aromatic rings. The zero-order chi connectivity index (χ0) is 18.1. The summed E-state index contributed by atoms with van der Waals surface area (Å²) in [5.41, 5.74) is 1.85. The normalized spacial score (nSPS) is 16.9. The van der Waals surface area contributed by atoms with Crippen molar-refractivity contribution >= 4 is 26.7 Å². The van der Waals surface area contributed by atoms with Gasteiger partial charge in [0.2, 0.25) is 0 Å². The summed E-state index contributed by atoms with van der Waals surface area (Å²) >= 11 is 1.61. The van der Waals surface area contributed by atoms with Crippen LogP contribution in [-0.2, 0) is 0 Å². The molecule has 26 heavy (non-hydrogen) atoms. The van der Waals surface area contributed by atoms with Crippen molar-refractivity contribution in [3.8, 4) is 17.5 Å². The van der Waals surface area contributed by atoms with Gasteiger partial charge in [0.1, 0.15) is 27.8 Å². The van der Waals surface area contributed by atoms with E-state index in [-0.39, 0.29) is 6.10 Å². The number of anilines is 1. The molecular weight excluding hydrogens is 352 g/mol. The van der Waals surface area contributed by atoms with Crippen molar-refractivity contribution in [3.05, 3.63) is 30.1 Å². The van der Waals surface area contributed by atoms with Crippen molar-refractivity contribution in [2.45, 2.75) is 19.4 Å². The van der Waals surface area contributed by atoms with Crippen LogP contribution in [0, 0.1) is 6.92 Å². The van der Waals surface area contributed by atoms with Crippen LogP contribution in [0.1, 0.15) is 12.0 Å². The number of hydrogen-bond donors (Lipinski definition) is 0. The lowest BCUT2D eigenvalue weighted by Crippen LogP contribution is -2.24. The second-order valence-corrected chi connectivity index (χ2v) is 7.14. The van der Waals surface area contributed by atoms with Gasteiger partial charge < -0.3 is 19.1 Å². The molecule has 1 saturated heterocycles. The molecule has 0 amide bonds. The molecule has 0 radical (unpaired) electrons. The van der Waals surface area contributed by atoms with Gasteiger partial charge in [-0.3, -0.25) is 0 Å². The van der Waals surface area contributed by atoms with E-state index in [1.807, 2.05) is 19.1 Å². The molecular formula is C18H20N4O3S. The number of nitrogens with zero attached hydrogens (tertiary/aromatic N) is 4. The highest BCUT2D eigenvalue weighted by Gasteiger charge is 2.28. The number of methoxy groups -OCH3 is 2. The number of hydrogen-bond acceptors (Lipinski definition) is 8. The van der Waals surface area contributed by atoms with Crippen molar-refractivity contribution in [1.29, 1.82) is 0 Å². The summed E-state index contributed by atoms with van der Waals surface area (Å²) in [6.45, 7) is 3.58. The lowest BCUT2D eigenvalue weighted by atomic mass is 10.3. The number of ether oxygens (including phenoxy) is 3. The topological polar surface area (TPSA) is 69.6 Å². The number of thiazole rings is 1. The molecule has 1 aliphatic heterocycles. The van der Waals surface area contributed by atoms with Gasteiger partial charge in [-0.1, -0.05) is 11.3 Å². The van der Waals surface area contributed by atoms with Crippen molar-refractivity contribution in [1.82, 2.24) is 15.0 Å². The summed E-state index contributed by atoms with van der Waals surface area (Å²) in [5, 5.41) is 0.943. The van der Waals surface area contributed by atoms with Gasteiger partial charge in [-0.25, -0.2) is 15.0 Å². The van der Waals surface area contributed by atoms with E-state index in [2.05, 4.69) is 14.9 Å². The maximum absolute atomic E-state index is 5.91. The number of aryl methyl sites for hydroxylation is 1. The standard InChI is InChI=1S/C18H20N4O3S/c1-11-8-19-17(20-9-11)25-12-6-7-22(10-12)18-21-15-13(23-2)4-5-14(24-3)16(15)26-18/h4-5,8-9,12H,6-7,10H2,1-3H3. The number of aromatic nitrogens is 3. The molecule has 1 aliphatic rings. The van der Waals surface area contributed by atoms with E-state index in [1.165, 1.54) is 0 Å². The Bertz CT molecular complexity index is 872. The first-order valence-corrected chi connectivity index (χ1v) is 9.21. The fraction of sp³-hybridized carbons (Fsp3) is 0.389. The zero-order valence-corrected chi connectivity index (χ0v) is 15.7. The van der Waals surface area contributed by atoms with Crippen LogP contribution < -0.4 is 19.1 Å². The molecule has 0 spiro atoms. The van der Waals surface area contributed by atoms with E-state index in [1.54, 1.807) is 38.0 Å². The molecule has 4 rings (SSSR count). The molecule has 1 unspecified atom stereocenters. The lowest BCUT2D eigenvalue weighted by Gasteiger charge is -2.15. The first-order chi connectivity index (χ1) is 12.7. The molecule has 3 heterocycles. The van der Waals surface area contributed by atoms with Gasteiger partial charge in [-0.2, -0.15) is 0 Å². The van der Waals surface area contributed by atoms with Crippen LogP contribution >= 0.6 is 11.3 Å². The quantitative estimate of drug-likeness (QED) is 0.682. The Labute approximate surface area is 155 Å². The van der Waals surface area contributed by atoms with Gasteiger partial charge in [-0.15, -0.1) is 0 Å². The first kappa shape index (κ1) is 16.8.